The standard InChI is InChI=1S/C17H15NO5/c19-9-11-4-5-14(23-11)12-7-15-16(22-10-21-15)8-13(12)18-6-2-1-3-17(18)20/h4-5,7-9H,1-3,6,10H2. The normalized spacial score (nSPS) is 16.7. The van der Waals surface area contributed by atoms with Gasteiger partial charge in [-0.2, -0.15) is 0 Å². The second-order valence-electron chi connectivity index (χ2n) is 5.54. The molecule has 0 radical (unpaired) electrons. The molecule has 6 heteroatoms. The number of rotatable bonds is 3. The molecular formula is C17H15NO5. The van der Waals surface area contributed by atoms with Gasteiger partial charge in [0.25, 0.3) is 0 Å². The van der Waals surface area contributed by atoms with E-state index in [2.05, 4.69) is 0 Å². The van der Waals surface area contributed by atoms with Gasteiger partial charge < -0.3 is 18.8 Å². The number of ether oxygens (including phenoxy) is 2. The number of hydrogen-bond donors (Lipinski definition) is 0. The van der Waals surface area contributed by atoms with Crippen molar-refractivity contribution in [3.05, 3.63) is 30.0 Å². The van der Waals surface area contributed by atoms with Gasteiger partial charge in [0, 0.05) is 24.6 Å². The third-order valence-corrected chi connectivity index (χ3v) is 4.11. The number of amides is 1. The van der Waals surface area contributed by atoms with E-state index in [-0.39, 0.29) is 18.5 Å². The van der Waals surface area contributed by atoms with Crippen LogP contribution < -0.4 is 14.4 Å². The molecule has 2 aromatic rings. The molecule has 2 aliphatic heterocycles. The smallest absolute Gasteiger partial charge is 0.231 e. The van der Waals surface area contributed by atoms with Crippen molar-refractivity contribution in [3.8, 4) is 22.8 Å². The van der Waals surface area contributed by atoms with Gasteiger partial charge in [-0.05, 0) is 31.0 Å². The van der Waals surface area contributed by atoms with Crippen molar-refractivity contribution in [1.29, 1.82) is 0 Å². The van der Waals surface area contributed by atoms with E-state index >= 15 is 0 Å². The maximum atomic E-state index is 12.3. The Kier molecular flexibility index (Phi) is 3.29. The summed E-state index contributed by atoms with van der Waals surface area (Å²) in [6.07, 6.45) is 3.05. The third-order valence-electron chi connectivity index (χ3n) is 4.11. The van der Waals surface area contributed by atoms with Gasteiger partial charge in [-0.3, -0.25) is 9.59 Å². The average molecular weight is 313 g/mol. The number of nitrogens with zero attached hydrogens (tertiary/aromatic N) is 1. The van der Waals surface area contributed by atoms with Gasteiger partial charge >= 0.3 is 0 Å². The highest BCUT2D eigenvalue weighted by Crippen LogP contribution is 2.43. The topological polar surface area (TPSA) is 69.0 Å². The van der Waals surface area contributed by atoms with Crippen LogP contribution in [0, 0.1) is 0 Å². The van der Waals surface area contributed by atoms with Crippen LogP contribution in [0.3, 0.4) is 0 Å². The molecule has 23 heavy (non-hydrogen) atoms. The lowest BCUT2D eigenvalue weighted by Crippen LogP contribution is -2.35. The number of benzene rings is 1. The number of piperidine rings is 1. The van der Waals surface area contributed by atoms with Gasteiger partial charge in [-0.15, -0.1) is 0 Å². The number of aldehydes is 1. The zero-order valence-electron chi connectivity index (χ0n) is 12.4. The minimum atomic E-state index is 0.0820. The zero-order chi connectivity index (χ0) is 15.8. The van der Waals surface area contributed by atoms with Gasteiger partial charge in [0.05, 0.1) is 5.69 Å². The van der Waals surface area contributed by atoms with Crippen molar-refractivity contribution in [2.24, 2.45) is 0 Å². The molecule has 0 bridgehead atoms. The Hall–Kier alpha value is -2.76. The summed E-state index contributed by atoms with van der Waals surface area (Å²) in [5.74, 6) is 2.08. The number of carbonyl (C=O) groups excluding carboxylic acids is 2. The van der Waals surface area contributed by atoms with Crippen LogP contribution in [0.4, 0.5) is 5.69 Å². The van der Waals surface area contributed by atoms with Crippen LogP contribution in [0.5, 0.6) is 11.5 Å². The highest BCUT2D eigenvalue weighted by atomic mass is 16.7. The van der Waals surface area contributed by atoms with E-state index in [1.54, 1.807) is 23.1 Å². The number of furan rings is 1. The Labute approximate surface area is 132 Å². The van der Waals surface area contributed by atoms with Gasteiger partial charge in [-0.1, -0.05) is 0 Å². The molecule has 3 heterocycles. The molecule has 0 unspecified atom stereocenters. The molecule has 2 aliphatic rings. The van der Waals surface area contributed by atoms with Crippen molar-refractivity contribution in [3.63, 3.8) is 0 Å². The van der Waals surface area contributed by atoms with Crippen LogP contribution in [0.1, 0.15) is 29.8 Å². The molecule has 1 aromatic heterocycles. The molecule has 0 aliphatic carbocycles. The fourth-order valence-corrected chi connectivity index (χ4v) is 2.97. The van der Waals surface area contributed by atoms with Crippen molar-refractivity contribution in [1.82, 2.24) is 0 Å². The van der Waals surface area contributed by atoms with E-state index in [9.17, 15) is 9.59 Å². The molecule has 4 rings (SSSR count). The summed E-state index contributed by atoms with van der Waals surface area (Å²) in [7, 11) is 0. The SMILES string of the molecule is O=Cc1ccc(-c2cc3c(cc2N2CCCCC2=O)OCO3)o1. The largest absolute Gasteiger partial charge is 0.454 e. The van der Waals surface area contributed by atoms with E-state index in [1.807, 2.05) is 6.07 Å². The lowest BCUT2D eigenvalue weighted by Gasteiger charge is -2.28. The van der Waals surface area contributed by atoms with Crippen LogP contribution in [-0.2, 0) is 4.79 Å². The molecule has 1 aromatic carbocycles. The first-order valence-electron chi connectivity index (χ1n) is 7.55. The van der Waals surface area contributed by atoms with Crippen molar-refractivity contribution < 1.29 is 23.5 Å². The molecule has 6 nitrogen and oxygen atoms in total. The predicted octanol–water partition coefficient (Wildman–Crippen LogP) is 3.00. The molecular weight excluding hydrogens is 298 g/mol. The summed E-state index contributed by atoms with van der Waals surface area (Å²) in [6, 6.07) is 6.94. The highest BCUT2D eigenvalue weighted by molar-refractivity contribution is 5.98. The van der Waals surface area contributed by atoms with E-state index in [4.69, 9.17) is 13.9 Å². The summed E-state index contributed by atoms with van der Waals surface area (Å²) in [6.45, 7) is 0.816. The van der Waals surface area contributed by atoms with Crippen molar-refractivity contribution in [2.75, 3.05) is 18.2 Å². The Morgan fingerprint density at radius 3 is 2.65 bits per heavy atom. The van der Waals surface area contributed by atoms with E-state index < -0.39 is 0 Å². The molecule has 118 valence electrons. The molecule has 0 saturated carbocycles. The van der Waals surface area contributed by atoms with E-state index in [1.165, 1.54) is 0 Å². The van der Waals surface area contributed by atoms with Crippen LogP contribution >= 0.6 is 0 Å². The van der Waals surface area contributed by atoms with Crippen molar-refractivity contribution >= 4 is 17.9 Å². The molecule has 0 spiro atoms. The zero-order valence-corrected chi connectivity index (χ0v) is 12.4. The van der Waals surface area contributed by atoms with Gasteiger partial charge in [0.2, 0.25) is 12.7 Å². The second kappa shape index (κ2) is 5.46. The third kappa shape index (κ3) is 2.36. The first-order chi connectivity index (χ1) is 11.3. The Morgan fingerprint density at radius 1 is 1.09 bits per heavy atom. The maximum Gasteiger partial charge on any atom is 0.231 e. The van der Waals surface area contributed by atoms with Crippen LogP contribution in [0.25, 0.3) is 11.3 Å². The second-order valence-corrected chi connectivity index (χ2v) is 5.54. The van der Waals surface area contributed by atoms with Crippen LogP contribution in [-0.4, -0.2) is 25.5 Å². The highest BCUT2D eigenvalue weighted by Gasteiger charge is 2.27. The summed E-state index contributed by atoms with van der Waals surface area (Å²) in [4.78, 5) is 24.9. The number of anilines is 1. The van der Waals surface area contributed by atoms with Crippen LogP contribution in [0.2, 0.25) is 0 Å². The minimum absolute atomic E-state index is 0.0820. The summed E-state index contributed by atoms with van der Waals surface area (Å²) < 4.78 is 16.4. The Morgan fingerprint density at radius 2 is 1.91 bits per heavy atom. The predicted molar refractivity (Wildman–Crippen MR) is 81.9 cm³/mol. The molecule has 0 atom stereocenters. The first-order valence-corrected chi connectivity index (χ1v) is 7.55. The quantitative estimate of drug-likeness (QED) is 0.815. The fourth-order valence-electron chi connectivity index (χ4n) is 2.97. The lowest BCUT2D eigenvalue weighted by molar-refractivity contribution is -0.119. The average Bonchev–Trinajstić information content (AvgIpc) is 3.22. The van der Waals surface area contributed by atoms with Gasteiger partial charge in [0.1, 0.15) is 5.76 Å². The van der Waals surface area contributed by atoms with Gasteiger partial charge in [0.15, 0.2) is 23.5 Å². The molecule has 0 N–H and O–H groups in total. The summed E-state index contributed by atoms with van der Waals surface area (Å²) in [5, 5.41) is 0. The van der Waals surface area contributed by atoms with Gasteiger partial charge in [-0.25, -0.2) is 0 Å². The number of hydrogen-bond acceptors (Lipinski definition) is 5. The first kappa shape index (κ1) is 13.9. The summed E-state index contributed by atoms with van der Waals surface area (Å²) in [5.41, 5.74) is 1.45. The minimum Gasteiger partial charge on any atom is -0.454 e. The van der Waals surface area contributed by atoms with Crippen LogP contribution in [0.15, 0.2) is 28.7 Å². The Bertz CT molecular complexity index is 779. The number of carbonyl (C=O) groups is 2. The molecule has 1 saturated heterocycles. The number of fused-ring (bicyclic) bond motifs is 1. The summed E-state index contributed by atoms with van der Waals surface area (Å²) >= 11 is 0. The van der Waals surface area contributed by atoms with Crippen molar-refractivity contribution in [2.45, 2.75) is 19.3 Å². The monoisotopic (exact) mass is 313 g/mol. The molecule has 1 fully saturated rings. The Balaban J connectivity index is 1.85. The molecule has 1 amide bonds. The fraction of sp³-hybridized carbons (Fsp3) is 0.294. The maximum absolute atomic E-state index is 12.3. The van der Waals surface area contributed by atoms with E-state index in [0.717, 1.165) is 24.1 Å². The van der Waals surface area contributed by atoms with E-state index in [0.29, 0.717) is 36.5 Å². The lowest BCUT2D eigenvalue weighted by atomic mass is 10.0.